The van der Waals surface area contributed by atoms with Gasteiger partial charge < -0.3 is 37.3 Å². The standard InChI is InChI=1S/C39H40N8O6/c1-24(2)45-36-38(51)47(32(21-43-36)28-16-29(18-30(40)17-28)37(50)44-19-25-9-5-3-6-10-25)22-34(49)42-20-27-13-14-31(33(48)15-27)35(41)46-39(52)53-23-26-11-7-4-8-12-26/h3-18,21,24,48H,19-20,22-23,40H2,1-2H3,(H,42,49)(H,43,45)(H,44,50)(H2,41,46,52). The third-order valence-corrected chi connectivity index (χ3v) is 7.84. The van der Waals surface area contributed by atoms with E-state index in [0.29, 0.717) is 17.7 Å². The highest BCUT2D eigenvalue weighted by Crippen LogP contribution is 2.24. The first-order valence-electron chi connectivity index (χ1n) is 16.7. The van der Waals surface area contributed by atoms with Crippen molar-refractivity contribution < 1.29 is 24.2 Å². The first kappa shape index (κ1) is 37.3. The van der Waals surface area contributed by atoms with E-state index in [2.05, 4.69) is 25.9 Å². The molecule has 0 spiro atoms. The first-order chi connectivity index (χ1) is 25.5. The Morgan fingerprint density at radius 2 is 1.57 bits per heavy atom. The van der Waals surface area contributed by atoms with Crippen LogP contribution in [0.5, 0.6) is 5.75 Å². The van der Waals surface area contributed by atoms with Crippen LogP contribution in [-0.4, -0.2) is 44.4 Å². The van der Waals surface area contributed by atoms with Gasteiger partial charge >= 0.3 is 6.09 Å². The Hall–Kier alpha value is -6.96. The number of nitrogens with two attached hydrogens (primary N) is 2. The van der Waals surface area contributed by atoms with Crippen LogP contribution in [-0.2, 0) is 35.8 Å². The molecule has 0 saturated heterocycles. The van der Waals surface area contributed by atoms with E-state index in [9.17, 15) is 24.3 Å². The zero-order valence-electron chi connectivity index (χ0n) is 29.2. The highest BCUT2D eigenvalue weighted by atomic mass is 16.5. The van der Waals surface area contributed by atoms with Gasteiger partial charge in [-0.1, -0.05) is 66.7 Å². The topological polar surface area (TPSA) is 216 Å². The number of ether oxygens (including phenoxy) is 1. The second-order valence-corrected chi connectivity index (χ2v) is 12.4. The summed E-state index contributed by atoms with van der Waals surface area (Å²) in [6.07, 6.45) is 0.528. The lowest BCUT2D eigenvalue weighted by molar-refractivity contribution is -0.121. The fourth-order valence-corrected chi connectivity index (χ4v) is 5.27. The van der Waals surface area contributed by atoms with Crippen molar-refractivity contribution in [3.63, 3.8) is 0 Å². The van der Waals surface area contributed by atoms with Crippen molar-refractivity contribution >= 4 is 35.2 Å². The largest absolute Gasteiger partial charge is 0.507 e. The van der Waals surface area contributed by atoms with Gasteiger partial charge in [0.25, 0.3) is 11.5 Å². The van der Waals surface area contributed by atoms with Gasteiger partial charge in [0.2, 0.25) is 5.91 Å². The molecule has 0 saturated carbocycles. The molecule has 1 heterocycles. The minimum atomic E-state index is -0.916. The molecule has 0 aliphatic rings. The molecule has 8 N–H and O–H groups in total. The van der Waals surface area contributed by atoms with Gasteiger partial charge in [-0.2, -0.15) is 4.99 Å². The maximum atomic E-state index is 13.7. The Morgan fingerprint density at radius 1 is 0.887 bits per heavy atom. The SMILES string of the molecule is CC(C)Nc1ncc(-c2cc(N)cc(C(=O)NCc3ccccc3)c2)n(CC(=O)NCc2ccc(/C(N)=N/C(=O)OCc3ccccc3)c(O)c2)c1=O. The van der Waals surface area contributed by atoms with Crippen LogP contribution in [0.1, 0.15) is 46.5 Å². The predicted octanol–water partition coefficient (Wildman–Crippen LogP) is 4.31. The lowest BCUT2D eigenvalue weighted by Crippen LogP contribution is -2.35. The molecule has 4 aromatic carbocycles. The fourth-order valence-electron chi connectivity index (χ4n) is 5.27. The maximum absolute atomic E-state index is 13.7. The van der Waals surface area contributed by atoms with Crippen molar-refractivity contribution in [1.29, 1.82) is 0 Å². The summed E-state index contributed by atoms with van der Waals surface area (Å²) >= 11 is 0. The number of carbonyl (C=O) groups excluding carboxylic acids is 3. The van der Waals surface area contributed by atoms with Crippen molar-refractivity contribution in [2.75, 3.05) is 11.1 Å². The summed E-state index contributed by atoms with van der Waals surface area (Å²) < 4.78 is 6.38. The molecule has 272 valence electrons. The van der Waals surface area contributed by atoms with Gasteiger partial charge in [-0.05, 0) is 60.9 Å². The third-order valence-electron chi connectivity index (χ3n) is 7.84. The van der Waals surface area contributed by atoms with Gasteiger partial charge in [0, 0.05) is 35.9 Å². The zero-order chi connectivity index (χ0) is 37.9. The summed E-state index contributed by atoms with van der Waals surface area (Å²) in [5.41, 5.74) is 15.1. The molecule has 0 aliphatic carbocycles. The van der Waals surface area contributed by atoms with Gasteiger partial charge in [-0.15, -0.1) is 0 Å². The van der Waals surface area contributed by atoms with E-state index in [1.54, 1.807) is 30.3 Å². The van der Waals surface area contributed by atoms with Gasteiger partial charge in [-0.25, -0.2) is 9.78 Å². The second-order valence-electron chi connectivity index (χ2n) is 12.4. The van der Waals surface area contributed by atoms with Gasteiger partial charge in [0.05, 0.1) is 17.5 Å². The number of nitrogens with zero attached hydrogens (tertiary/aromatic N) is 3. The minimum absolute atomic E-state index is 0.0104. The number of phenols is 1. The van der Waals surface area contributed by atoms with Crippen molar-refractivity contribution in [3.05, 3.63) is 141 Å². The third kappa shape index (κ3) is 10.3. The molecule has 53 heavy (non-hydrogen) atoms. The number of nitrogens with one attached hydrogen (secondary N) is 3. The first-order valence-corrected chi connectivity index (χ1v) is 16.7. The Balaban J connectivity index is 1.30. The Labute approximate surface area is 305 Å². The lowest BCUT2D eigenvalue weighted by atomic mass is 10.1. The minimum Gasteiger partial charge on any atom is -0.507 e. The summed E-state index contributed by atoms with van der Waals surface area (Å²) in [6, 6.07) is 27.5. The molecule has 0 unspecified atom stereocenters. The Bertz CT molecular complexity index is 2190. The summed E-state index contributed by atoms with van der Waals surface area (Å²) in [4.78, 5) is 60.3. The van der Waals surface area contributed by atoms with Crippen molar-refractivity contribution in [1.82, 2.24) is 20.2 Å². The number of carbonyl (C=O) groups is 3. The monoisotopic (exact) mass is 716 g/mol. The number of nitrogen functional groups attached to an aromatic ring is 1. The number of aliphatic imine (C=N–C) groups is 1. The van der Waals surface area contributed by atoms with Crippen molar-refractivity contribution in [2.45, 2.75) is 46.1 Å². The normalized spacial score (nSPS) is 11.2. The smallest absolute Gasteiger partial charge is 0.435 e. The molecule has 0 aliphatic heterocycles. The number of rotatable bonds is 13. The van der Waals surface area contributed by atoms with Crippen LogP contribution >= 0.6 is 0 Å². The van der Waals surface area contributed by atoms with E-state index < -0.39 is 24.1 Å². The molecule has 0 radical (unpaired) electrons. The lowest BCUT2D eigenvalue weighted by Gasteiger charge is -2.17. The highest BCUT2D eigenvalue weighted by molar-refractivity contribution is 6.04. The molecule has 14 nitrogen and oxygen atoms in total. The number of hydrogen-bond acceptors (Lipinski definition) is 9. The number of amides is 3. The highest BCUT2D eigenvalue weighted by Gasteiger charge is 2.18. The van der Waals surface area contributed by atoms with Gasteiger partial charge in [0.15, 0.2) is 5.82 Å². The van der Waals surface area contributed by atoms with E-state index in [-0.39, 0.29) is 65.0 Å². The summed E-state index contributed by atoms with van der Waals surface area (Å²) in [6.45, 7) is 3.60. The number of amidine groups is 1. The van der Waals surface area contributed by atoms with Crippen LogP contribution in [0.4, 0.5) is 16.3 Å². The van der Waals surface area contributed by atoms with Crippen molar-refractivity contribution in [3.8, 4) is 17.0 Å². The molecule has 0 fully saturated rings. The van der Waals surface area contributed by atoms with Crippen LogP contribution in [0.2, 0.25) is 0 Å². The predicted molar refractivity (Wildman–Crippen MR) is 202 cm³/mol. The molecule has 5 aromatic rings. The molecule has 3 amide bonds. The molecule has 14 heteroatoms. The van der Waals surface area contributed by atoms with Crippen LogP contribution < -0.4 is 33.0 Å². The van der Waals surface area contributed by atoms with E-state index in [0.717, 1.165) is 11.1 Å². The van der Waals surface area contributed by atoms with Crippen LogP contribution in [0.15, 0.2) is 113 Å². The average Bonchev–Trinajstić information content (AvgIpc) is 3.14. The molecule has 0 atom stereocenters. The number of anilines is 2. The molecular weight excluding hydrogens is 676 g/mol. The fraction of sp³-hybridized carbons (Fsp3) is 0.179. The zero-order valence-corrected chi connectivity index (χ0v) is 29.2. The van der Waals surface area contributed by atoms with E-state index in [4.69, 9.17) is 16.2 Å². The number of hydrogen-bond donors (Lipinski definition) is 6. The van der Waals surface area contributed by atoms with E-state index in [1.165, 1.54) is 29.0 Å². The Morgan fingerprint density at radius 3 is 2.25 bits per heavy atom. The van der Waals surface area contributed by atoms with Crippen LogP contribution in [0, 0.1) is 0 Å². The second kappa shape index (κ2) is 17.3. The van der Waals surface area contributed by atoms with Gasteiger partial charge in [0.1, 0.15) is 24.7 Å². The number of benzene rings is 4. The Kier molecular flexibility index (Phi) is 12.2. The number of aromatic nitrogens is 2. The summed E-state index contributed by atoms with van der Waals surface area (Å²) in [5.74, 6) is -1.36. The summed E-state index contributed by atoms with van der Waals surface area (Å²) in [7, 11) is 0. The van der Waals surface area contributed by atoms with E-state index in [1.807, 2.05) is 62.4 Å². The van der Waals surface area contributed by atoms with E-state index >= 15 is 0 Å². The molecule has 5 rings (SSSR count). The summed E-state index contributed by atoms with van der Waals surface area (Å²) in [5, 5.41) is 19.3. The molecule has 0 bridgehead atoms. The average molecular weight is 717 g/mol. The van der Waals surface area contributed by atoms with Crippen molar-refractivity contribution in [2.24, 2.45) is 10.7 Å². The molecule has 1 aromatic heterocycles. The quantitative estimate of drug-likeness (QED) is 0.0577. The van der Waals surface area contributed by atoms with Crippen LogP contribution in [0.3, 0.4) is 0 Å². The van der Waals surface area contributed by atoms with Crippen LogP contribution in [0.25, 0.3) is 11.3 Å². The molecular formula is C39H40N8O6. The number of phenolic OH excluding ortho intramolecular Hbond substituents is 1. The maximum Gasteiger partial charge on any atom is 0.435 e. The van der Waals surface area contributed by atoms with Gasteiger partial charge in [-0.3, -0.25) is 19.0 Å². The number of aromatic hydroxyl groups is 1.